The molecule has 31 heavy (non-hydrogen) atoms. The Morgan fingerprint density at radius 1 is 1.13 bits per heavy atom. The number of ether oxygens (including phenoxy) is 1. The number of rotatable bonds is 8. The number of sulfonamides is 1. The van der Waals surface area contributed by atoms with Crippen molar-refractivity contribution >= 4 is 21.6 Å². The Kier molecular flexibility index (Phi) is 7.33. The molecule has 0 radical (unpaired) electrons. The SMILES string of the molecule is CC[C@H](C(=O)NCC1(c2ccccc2)CCOCC1)N(c1ccccc1F)S(C)(=O)=O. The lowest BCUT2D eigenvalue weighted by molar-refractivity contribution is -0.122. The lowest BCUT2D eigenvalue weighted by atomic mass is 9.74. The molecule has 1 amide bonds. The first-order valence-electron chi connectivity index (χ1n) is 10.4. The number of hydrogen-bond acceptors (Lipinski definition) is 4. The second-order valence-electron chi connectivity index (χ2n) is 7.91. The molecule has 6 nitrogen and oxygen atoms in total. The summed E-state index contributed by atoms with van der Waals surface area (Å²) in [5, 5.41) is 2.96. The number of halogens is 1. The van der Waals surface area contributed by atoms with Crippen LogP contribution in [0.1, 0.15) is 31.7 Å². The average Bonchev–Trinajstić information content (AvgIpc) is 2.77. The van der Waals surface area contributed by atoms with E-state index in [-0.39, 0.29) is 17.5 Å². The normalized spacial score (nSPS) is 17.0. The van der Waals surface area contributed by atoms with Gasteiger partial charge in [-0.25, -0.2) is 12.8 Å². The quantitative estimate of drug-likeness (QED) is 0.673. The van der Waals surface area contributed by atoms with Gasteiger partial charge < -0.3 is 10.1 Å². The number of nitrogens with zero attached hydrogens (tertiary/aromatic N) is 1. The Morgan fingerprint density at radius 2 is 1.74 bits per heavy atom. The van der Waals surface area contributed by atoms with E-state index in [1.807, 2.05) is 30.3 Å². The van der Waals surface area contributed by atoms with Gasteiger partial charge in [0.2, 0.25) is 15.9 Å². The van der Waals surface area contributed by atoms with Crippen LogP contribution in [0, 0.1) is 5.82 Å². The predicted octanol–water partition coefficient (Wildman–Crippen LogP) is 3.23. The summed E-state index contributed by atoms with van der Waals surface area (Å²) in [6.45, 7) is 3.24. The van der Waals surface area contributed by atoms with Gasteiger partial charge in [0, 0.05) is 25.2 Å². The van der Waals surface area contributed by atoms with Gasteiger partial charge in [0.15, 0.2) is 0 Å². The molecule has 1 fully saturated rings. The fourth-order valence-corrected chi connectivity index (χ4v) is 5.37. The molecule has 0 aliphatic carbocycles. The van der Waals surface area contributed by atoms with Crippen molar-refractivity contribution in [1.29, 1.82) is 0 Å². The summed E-state index contributed by atoms with van der Waals surface area (Å²) in [4.78, 5) is 13.2. The minimum absolute atomic E-state index is 0.129. The maximum Gasteiger partial charge on any atom is 0.243 e. The number of benzene rings is 2. The summed E-state index contributed by atoms with van der Waals surface area (Å²) in [7, 11) is -3.89. The first-order chi connectivity index (χ1) is 14.8. The molecule has 0 saturated carbocycles. The Bertz CT molecular complexity index is 992. The molecule has 8 heteroatoms. The van der Waals surface area contributed by atoms with E-state index in [9.17, 15) is 17.6 Å². The van der Waals surface area contributed by atoms with Crippen molar-refractivity contribution in [2.45, 2.75) is 37.6 Å². The van der Waals surface area contributed by atoms with E-state index in [4.69, 9.17) is 4.74 Å². The monoisotopic (exact) mass is 448 g/mol. The number of carbonyl (C=O) groups excluding carboxylic acids is 1. The summed E-state index contributed by atoms with van der Waals surface area (Å²) in [5.41, 5.74) is 0.693. The number of carbonyl (C=O) groups is 1. The smallest absolute Gasteiger partial charge is 0.243 e. The van der Waals surface area contributed by atoms with Gasteiger partial charge in [-0.15, -0.1) is 0 Å². The predicted molar refractivity (Wildman–Crippen MR) is 119 cm³/mol. The van der Waals surface area contributed by atoms with Crippen molar-refractivity contribution < 1.29 is 22.3 Å². The van der Waals surface area contributed by atoms with E-state index in [0.29, 0.717) is 19.8 Å². The molecule has 3 rings (SSSR count). The van der Waals surface area contributed by atoms with Crippen LogP contribution in [0.4, 0.5) is 10.1 Å². The van der Waals surface area contributed by atoms with Crippen LogP contribution in [-0.2, 0) is 25.0 Å². The van der Waals surface area contributed by atoms with Crippen molar-refractivity contribution in [3.8, 4) is 0 Å². The molecule has 1 N–H and O–H groups in total. The van der Waals surface area contributed by atoms with Gasteiger partial charge >= 0.3 is 0 Å². The lowest BCUT2D eigenvalue weighted by Gasteiger charge is -2.39. The number of hydrogen-bond donors (Lipinski definition) is 1. The van der Waals surface area contributed by atoms with Crippen LogP contribution >= 0.6 is 0 Å². The van der Waals surface area contributed by atoms with Crippen molar-refractivity contribution in [1.82, 2.24) is 5.32 Å². The van der Waals surface area contributed by atoms with Crippen molar-refractivity contribution in [3.63, 3.8) is 0 Å². The second-order valence-corrected chi connectivity index (χ2v) is 9.77. The van der Waals surface area contributed by atoms with Crippen LogP contribution in [0.5, 0.6) is 0 Å². The Balaban J connectivity index is 1.86. The summed E-state index contributed by atoms with van der Waals surface area (Å²) >= 11 is 0. The van der Waals surface area contributed by atoms with Gasteiger partial charge in [0.25, 0.3) is 0 Å². The van der Waals surface area contributed by atoms with Crippen LogP contribution in [0.25, 0.3) is 0 Å². The highest BCUT2D eigenvalue weighted by atomic mass is 32.2. The minimum atomic E-state index is -3.89. The maximum atomic E-state index is 14.4. The Morgan fingerprint density at radius 3 is 2.32 bits per heavy atom. The van der Waals surface area contributed by atoms with Crippen molar-refractivity contribution in [2.75, 3.05) is 30.3 Å². The van der Waals surface area contributed by atoms with Gasteiger partial charge in [-0.05, 0) is 37.0 Å². The van der Waals surface area contributed by atoms with Crippen molar-refractivity contribution in [2.24, 2.45) is 0 Å². The van der Waals surface area contributed by atoms with Crippen LogP contribution in [-0.4, -0.2) is 46.4 Å². The lowest BCUT2D eigenvalue weighted by Crippen LogP contribution is -2.53. The van der Waals surface area contributed by atoms with Gasteiger partial charge in [-0.2, -0.15) is 0 Å². The zero-order chi connectivity index (χ0) is 22.5. The molecule has 1 heterocycles. The third kappa shape index (κ3) is 5.25. The highest BCUT2D eigenvalue weighted by Gasteiger charge is 2.37. The van der Waals surface area contributed by atoms with Crippen LogP contribution in [0.2, 0.25) is 0 Å². The third-order valence-electron chi connectivity index (χ3n) is 5.86. The topological polar surface area (TPSA) is 75.7 Å². The summed E-state index contributed by atoms with van der Waals surface area (Å²) < 4.78 is 45.9. The van der Waals surface area contributed by atoms with Crippen LogP contribution < -0.4 is 9.62 Å². The molecule has 2 aromatic rings. The number of amides is 1. The molecule has 1 aliphatic rings. The minimum Gasteiger partial charge on any atom is -0.381 e. The molecule has 1 atom stereocenters. The fourth-order valence-electron chi connectivity index (χ4n) is 4.16. The first kappa shape index (κ1) is 23.2. The molecule has 0 bridgehead atoms. The first-order valence-corrected chi connectivity index (χ1v) is 12.3. The zero-order valence-electron chi connectivity index (χ0n) is 17.9. The Hall–Kier alpha value is -2.45. The molecule has 168 valence electrons. The number of anilines is 1. The van der Waals surface area contributed by atoms with E-state index >= 15 is 0 Å². The summed E-state index contributed by atoms with van der Waals surface area (Å²) in [6, 6.07) is 14.5. The number of para-hydroxylation sites is 1. The summed E-state index contributed by atoms with van der Waals surface area (Å²) in [5.74, 6) is -1.14. The summed E-state index contributed by atoms with van der Waals surface area (Å²) in [6.07, 6.45) is 2.68. The zero-order valence-corrected chi connectivity index (χ0v) is 18.7. The Labute approximate surface area is 183 Å². The van der Waals surface area contributed by atoms with Crippen LogP contribution in [0.15, 0.2) is 54.6 Å². The van der Waals surface area contributed by atoms with E-state index in [0.717, 1.165) is 29.0 Å². The van der Waals surface area contributed by atoms with Gasteiger partial charge in [0.1, 0.15) is 11.9 Å². The highest BCUT2D eigenvalue weighted by molar-refractivity contribution is 7.92. The van der Waals surface area contributed by atoms with Gasteiger partial charge in [0.05, 0.1) is 11.9 Å². The number of nitrogens with one attached hydrogen (secondary N) is 1. The maximum absolute atomic E-state index is 14.4. The molecule has 0 spiro atoms. The van der Waals surface area contributed by atoms with E-state index in [1.54, 1.807) is 13.0 Å². The molecule has 1 aliphatic heterocycles. The van der Waals surface area contributed by atoms with Gasteiger partial charge in [-0.1, -0.05) is 49.4 Å². The average molecular weight is 449 g/mol. The van der Waals surface area contributed by atoms with Crippen molar-refractivity contribution in [3.05, 3.63) is 66.0 Å². The van der Waals surface area contributed by atoms with E-state index in [2.05, 4.69) is 5.32 Å². The van der Waals surface area contributed by atoms with Crippen LogP contribution in [0.3, 0.4) is 0 Å². The van der Waals surface area contributed by atoms with E-state index in [1.165, 1.54) is 18.2 Å². The molecule has 0 unspecified atom stereocenters. The highest BCUT2D eigenvalue weighted by Crippen LogP contribution is 2.34. The second kappa shape index (κ2) is 9.78. The fraction of sp³-hybridized carbons (Fsp3) is 0.435. The molecule has 2 aromatic carbocycles. The standard InChI is InChI=1S/C23H29FN2O4S/c1-3-20(26(31(2,28)29)21-12-8-7-11-19(21)24)22(27)25-17-23(13-15-30-16-14-23)18-9-5-4-6-10-18/h4-12,20H,3,13-17H2,1-2H3,(H,25,27)/t20-/m1/s1. The molecular weight excluding hydrogens is 419 g/mol. The molecule has 1 saturated heterocycles. The molecule has 0 aromatic heterocycles. The third-order valence-corrected chi connectivity index (χ3v) is 7.02. The molecular formula is C23H29FN2O4S. The van der Waals surface area contributed by atoms with Gasteiger partial charge in [-0.3, -0.25) is 9.10 Å². The van der Waals surface area contributed by atoms with E-state index < -0.39 is 27.8 Å². The largest absolute Gasteiger partial charge is 0.381 e.